The number of ether oxygens (including phenoxy) is 1. The molecule has 124 valence electrons. The molecule has 2 heterocycles. The number of methoxy groups -OCH3 is 1. The molecule has 0 bridgehead atoms. The number of carbonyl (C=O) groups is 1. The molecule has 4 nitrogen and oxygen atoms in total. The summed E-state index contributed by atoms with van der Waals surface area (Å²) >= 11 is 6.05. The van der Waals surface area contributed by atoms with Crippen LogP contribution in [-0.4, -0.2) is 24.5 Å². The van der Waals surface area contributed by atoms with Gasteiger partial charge < -0.3 is 9.64 Å². The number of carbonyl (C=O) groups excluding carboxylic acids is 1. The molecule has 1 aromatic heterocycles. The number of benzene rings is 1. The van der Waals surface area contributed by atoms with Crippen molar-refractivity contribution >= 4 is 23.2 Å². The van der Waals surface area contributed by atoms with Crippen LogP contribution in [-0.2, 0) is 11.2 Å². The standard InChI is InChI=1S/C19H19ClN2O2/c1-24-18(12-2-3-12)16-6-8-21-11-17(16)22-9-7-13-10-14(20)4-5-15(13)19(22)23/h4-6,8,10-12,18H,2-3,7,9H2,1H3. The van der Waals surface area contributed by atoms with Crippen LogP contribution in [0.4, 0.5) is 5.69 Å². The maximum absolute atomic E-state index is 13.0. The summed E-state index contributed by atoms with van der Waals surface area (Å²) in [4.78, 5) is 19.1. The summed E-state index contributed by atoms with van der Waals surface area (Å²) in [6.45, 7) is 0.631. The van der Waals surface area contributed by atoms with Crippen LogP contribution in [0.25, 0.3) is 0 Å². The highest BCUT2D eigenvalue weighted by atomic mass is 35.5. The fourth-order valence-corrected chi connectivity index (χ4v) is 3.72. The van der Waals surface area contributed by atoms with Crippen molar-refractivity contribution in [3.63, 3.8) is 0 Å². The molecule has 1 saturated carbocycles. The van der Waals surface area contributed by atoms with Gasteiger partial charge in [0.2, 0.25) is 0 Å². The molecule has 1 unspecified atom stereocenters. The number of aromatic nitrogens is 1. The van der Waals surface area contributed by atoms with Crippen LogP contribution in [0.3, 0.4) is 0 Å². The third kappa shape index (κ3) is 2.70. The molecule has 2 aliphatic rings. The van der Waals surface area contributed by atoms with Gasteiger partial charge in [0.25, 0.3) is 5.91 Å². The van der Waals surface area contributed by atoms with Crippen LogP contribution in [0, 0.1) is 5.92 Å². The maximum atomic E-state index is 13.0. The van der Waals surface area contributed by atoms with E-state index in [-0.39, 0.29) is 12.0 Å². The lowest BCUT2D eigenvalue weighted by Crippen LogP contribution is -2.38. The van der Waals surface area contributed by atoms with Gasteiger partial charge in [-0.25, -0.2) is 0 Å². The summed E-state index contributed by atoms with van der Waals surface area (Å²) in [5.74, 6) is 0.551. The number of amides is 1. The zero-order valence-electron chi connectivity index (χ0n) is 13.5. The Kier molecular flexibility index (Phi) is 4.02. The minimum atomic E-state index is 0.00724. The first-order valence-corrected chi connectivity index (χ1v) is 8.64. The second kappa shape index (κ2) is 6.19. The molecule has 0 radical (unpaired) electrons. The molecular formula is C19H19ClN2O2. The summed E-state index contributed by atoms with van der Waals surface area (Å²) in [5.41, 5.74) is 3.66. The molecular weight excluding hydrogens is 324 g/mol. The number of anilines is 1. The molecule has 1 aromatic carbocycles. The molecule has 4 rings (SSSR count). The van der Waals surface area contributed by atoms with E-state index in [4.69, 9.17) is 16.3 Å². The second-order valence-electron chi connectivity index (χ2n) is 6.44. The van der Waals surface area contributed by atoms with E-state index >= 15 is 0 Å². The molecule has 1 aliphatic heterocycles. The van der Waals surface area contributed by atoms with Gasteiger partial charge >= 0.3 is 0 Å². The Balaban J connectivity index is 1.72. The van der Waals surface area contributed by atoms with Crippen molar-refractivity contribution in [2.45, 2.75) is 25.4 Å². The van der Waals surface area contributed by atoms with Crippen LogP contribution >= 0.6 is 11.6 Å². The zero-order valence-corrected chi connectivity index (χ0v) is 14.3. The second-order valence-corrected chi connectivity index (χ2v) is 6.87. The SMILES string of the molecule is COC(c1ccncc1N1CCc2cc(Cl)ccc2C1=O)C1CC1. The van der Waals surface area contributed by atoms with Crippen molar-refractivity contribution in [3.8, 4) is 0 Å². The van der Waals surface area contributed by atoms with Gasteiger partial charge in [-0.3, -0.25) is 9.78 Å². The molecule has 5 heteroatoms. The zero-order chi connectivity index (χ0) is 16.7. The van der Waals surface area contributed by atoms with Crippen molar-refractivity contribution in [3.05, 3.63) is 58.4 Å². The quantitative estimate of drug-likeness (QED) is 0.842. The molecule has 0 spiro atoms. The largest absolute Gasteiger partial charge is 0.376 e. The van der Waals surface area contributed by atoms with Gasteiger partial charge in [0.1, 0.15) is 0 Å². The number of fused-ring (bicyclic) bond motifs is 1. The van der Waals surface area contributed by atoms with E-state index in [1.165, 1.54) is 12.8 Å². The molecule has 1 atom stereocenters. The Morgan fingerprint density at radius 2 is 2.17 bits per heavy atom. The fraction of sp³-hybridized carbons (Fsp3) is 0.368. The Morgan fingerprint density at radius 1 is 1.33 bits per heavy atom. The third-order valence-electron chi connectivity index (χ3n) is 4.88. The van der Waals surface area contributed by atoms with Crippen molar-refractivity contribution in [2.75, 3.05) is 18.6 Å². The van der Waals surface area contributed by atoms with Gasteiger partial charge in [-0.1, -0.05) is 11.6 Å². The highest BCUT2D eigenvalue weighted by molar-refractivity contribution is 6.30. The van der Waals surface area contributed by atoms with Gasteiger partial charge in [-0.15, -0.1) is 0 Å². The van der Waals surface area contributed by atoms with Gasteiger partial charge in [-0.2, -0.15) is 0 Å². The van der Waals surface area contributed by atoms with Crippen LogP contribution in [0.15, 0.2) is 36.7 Å². The Hall–Kier alpha value is -1.91. The molecule has 1 aliphatic carbocycles. The van der Waals surface area contributed by atoms with E-state index in [9.17, 15) is 4.79 Å². The van der Waals surface area contributed by atoms with E-state index in [1.54, 1.807) is 25.6 Å². The predicted octanol–water partition coefficient (Wildman–Crippen LogP) is 4.04. The number of hydrogen-bond acceptors (Lipinski definition) is 3. The summed E-state index contributed by atoms with van der Waals surface area (Å²) < 4.78 is 5.73. The van der Waals surface area contributed by atoms with Crippen molar-refractivity contribution in [2.24, 2.45) is 5.92 Å². The monoisotopic (exact) mass is 342 g/mol. The van der Waals surface area contributed by atoms with Crippen LogP contribution in [0.5, 0.6) is 0 Å². The van der Waals surface area contributed by atoms with E-state index in [0.717, 1.165) is 28.8 Å². The highest BCUT2D eigenvalue weighted by Crippen LogP contribution is 2.45. The number of pyridine rings is 1. The third-order valence-corrected chi connectivity index (χ3v) is 5.12. The molecule has 1 amide bonds. The topological polar surface area (TPSA) is 42.4 Å². The highest BCUT2D eigenvalue weighted by Gasteiger charge is 2.36. The van der Waals surface area contributed by atoms with Crippen LogP contribution in [0.2, 0.25) is 5.02 Å². The van der Waals surface area contributed by atoms with E-state index in [1.807, 2.05) is 23.1 Å². The Bertz CT molecular complexity index is 789. The minimum absolute atomic E-state index is 0.00724. The van der Waals surface area contributed by atoms with Gasteiger partial charge in [0, 0.05) is 36.0 Å². The number of nitrogens with zero attached hydrogens (tertiary/aromatic N) is 2. The molecule has 1 fully saturated rings. The van der Waals surface area contributed by atoms with Crippen molar-refractivity contribution in [1.82, 2.24) is 4.98 Å². The first kappa shape index (κ1) is 15.6. The Morgan fingerprint density at radius 3 is 2.92 bits per heavy atom. The summed E-state index contributed by atoms with van der Waals surface area (Å²) in [7, 11) is 1.74. The van der Waals surface area contributed by atoms with E-state index < -0.39 is 0 Å². The number of hydrogen-bond donors (Lipinski definition) is 0. The lowest BCUT2D eigenvalue weighted by Gasteiger charge is -2.31. The smallest absolute Gasteiger partial charge is 0.258 e. The van der Waals surface area contributed by atoms with E-state index in [0.29, 0.717) is 17.5 Å². The van der Waals surface area contributed by atoms with Gasteiger partial charge in [-0.05, 0) is 55.0 Å². The average molecular weight is 343 g/mol. The van der Waals surface area contributed by atoms with Crippen LogP contribution in [0.1, 0.15) is 40.4 Å². The first-order valence-electron chi connectivity index (χ1n) is 8.26. The van der Waals surface area contributed by atoms with Gasteiger partial charge in [0.15, 0.2) is 0 Å². The lowest BCUT2D eigenvalue weighted by atomic mass is 9.97. The summed E-state index contributed by atoms with van der Waals surface area (Å²) in [6.07, 6.45) is 6.72. The lowest BCUT2D eigenvalue weighted by molar-refractivity contribution is 0.0844. The van der Waals surface area contributed by atoms with E-state index in [2.05, 4.69) is 4.98 Å². The average Bonchev–Trinajstić information content (AvgIpc) is 3.41. The normalized spacial score (nSPS) is 18.4. The van der Waals surface area contributed by atoms with Crippen LogP contribution < -0.4 is 4.90 Å². The molecule has 2 aromatic rings. The molecule has 24 heavy (non-hydrogen) atoms. The molecule has 0 N–H and O–H groups in total. The Labute approximate surface area is 146 Å². The summed E-state index contributed by atoms with van der Waals surface area (Å²) in [5, 5.41) is 0.672. The predicted molar refractivity (Wildman–Crippen MR) is 93.5 cm³/mol. The maximum Gasteiger partial charge on any atom is 0.258 e. The fourth-order valence-electron chi connectivity index (χ4n) is 3.52. The minimum Gasteiger partial charge on any atom is -0.376 e. The van der Waals surface area contributed by atoms with Crippen molar-refractivity contribution < 1.29 is 9.53 Å². The number of rotatable bonds is 4. The van der Waals surface area contributed by atoms with Crippen molar-refractivity contribution in [1.29, 1.82) is 0 Å². The van der Waals surface area contributed by atoms with Gasteiger partial charge in [0.05, 0.1) is 18.0 Å². The first-order chi connectivity index (χ1) is 11.7. The molecule has 0 saturated heterocycles. The number of halogens is 1. The summed E-state index contributed by atoms with van der Waals surface area (Å²) in [6, 6.07) is 7.45.